The number of hydrogen-bond donors (Lipinski definition) is 1. The Kier molecular flexibility index (Phi) is 2.65. The third kappa shape index (κ3) is 1.91. The molecule has 0 radical (unpaired) electrons. The van der Waals surface area contributed by atoms with Gasteiger partial charge in [0.2, 0.25) is 0 Å². The first-order chi connectivity index (χ1) is 8.84. The van der Waals surface area contributed by atoms with Gasteiger partial charge in [0, 0.05) is 18.1 Å². The first-order valence-corrected chi connectivity index (χ1v) is 5.89. The summed E-state index contributed by atoms with van der Waals surface area (Å²) in [7, 11) is 0. The van der Waals surface area contributed by atoms with Crippen LogP contribution in [0.1, 0.15) is 0 Å². The molecule has 0 atom stereocenters. The molecule has 3 nitrogen and oxygen atoms in total. The van der Waals surface area contributed by atoms with E-state index in [4.69, 9.17) is 0 Å². The highest BCUT2D eigenvalue weighted by Crippen LogP contribution is 2.30. The van der Waals surface area contributed by atoms with Gasteiger partial charge in [0.15, 0.2) is 0 Å². The Bertz CT molecular complexity index is 566. The monoisotopic (exact) mass is 238 g/mol. The van der Waals surface area contributed by atoms with Crippen molar-refractivity contribution in [3.8, 4) is 5.75 Å². The second kappa shape index (κ2) is 4.45. The number of nitrogens with zero attached hydrogens (tertiary/aromatic N) is 2. The molecule has 0 aromatic heterocycles. The molecule has 1 aliphatic heterocycles. The minimum absolute atomic E-state index is 0.303. The Labute approximate surface area is 106 Å². The van der Waals surface area contributed by atoms with Gasteiger partial charge in [-0.3, -0.25) is 0 Å². The number of phenols is 1. The van der Waals surface area contributed by atoms with Gasteiger partial charge < -0.3 is 14.9 Å². The number of anilines is 2. The average Bonchev–Trinajstić information content (AvgIpc) is 2.90. The number of hydrogen-bond acceptors (Lipinski definition) is 3. The molecule has 0 aliphatic carbocycles. The summed E-state index contributed by atoms with van der Waals surface area (Å²) < 4.78 is 0. The quantitative estimate of drug-likeness (QED) is 0.870. The first kappa shape index (κ1) is 10.7. The van der Waals surface area contributed by atoms with Crippen molar-refractivity contribution in [1.29, 1.82) is 0 Å². The molecule has 0 saturated heterocycles. The summed E-state index contributed by atoms with van der Waals surface area (Å²) >= 11 is 0. The Morgan fingerprint density at radius 1 is 0.778 bits per heavy atom. The summed E-state index contributed by atoms with van der Waals surface area (Å²) in [4.78, 5) is 4.15. The molecule has 3 rings (SSSR count). The van der Waals surface area contributed by atoms with E-state index in [2.05, 4.69) is 17.0 Å². The molecule has 0 saturated carbocycles. The lowest BCUT2D eigenvalue weighted by Gasteiger charge is -2.21. The zero-order valence-electron chi connectivity index (χ0n) is 9.90. The summed E-state index contributed by atoms with van der Waals surface area (Å²) in [5, 5.41) is 9.83. The van der Waals surface area contributed by atoms with Crippen molar-refractivity contribution in [1.82, 2.24) is 0 Å². The van der Waals surface area contributed by atoms with Crippen molar-refractivity contribution in [2.24, 2.45) is 0 Å². The summed E-state index contributed by atoms with van der Waals surface area (Å²) in [5.74, 6) is 0.303. The fraction of sp³-hybridized carbons (Fsp3) is 0.0667. The van der Waals surface area contributed by atoms with Crippen LogP contribution in [0.4, 0.5) is 11.4 Å². The van der Waals surface area contributed by atoms with Crippen molar-refractivity contribution in [2.75, 3.05) is 16.5 Å². The Morgan fingerprint density at radius 2 is 1.44 bits per heavy atom. The van der Waals surface area contributed by atoms with Crippen LogP contribution in [0.5, 0.6) is 5.75 Å². The van der Waals surface area contributed by atoms with Crippen LogP contribution in [0.3, 0.4) is 0 Å². The zero-order valence-corrected chi connectivity index (χ0v) is 9.90. The van der Waals surface area contributed by atoms with Crippen LogP contribution in [-0.4, -0.2) is 11.8 Å². The highest BCUT2D eigenvalue weighted by atomic mass is 16.3. The van der Waals surface area contributed by atoms with Crippen molar-refractivity contribution in [3.63, 3.8) is 0 Å². The van der Waals surface area contributed by atoms with E-state index < -0.39 is 0 Å². The molecule has 0 bridgehead atoms. The van der Waals surface area contributed by atoms with Gasteiger partial charge in [0.1, 0.15) is 5.75 Å². The number of rotatable bonds is 2. The van der Waals surface area contributed by atoms with Crippen LogP contribution in [0, 0.1) is 0 Å². The molecule has 0 unspecified atom stereocenters. The van der Waals surface area contributed by atoms with Gasteiger partial charge in [-0.25, -0.2) is 0 Å². The Balaban J connectivity index is 1.81. The second-order valence-corrected chi connectivity index (χ2v) is 4.20. The highest BCUT2D eigenvalue weighted by molar-refractivity contribution is 5.64. The third-order valence-electron chi connectivity index (χ3n) is 3.01. The lowest BCUT2D eigenvalue weighted by molar-refractivity contribution is 0.475. The van der Waals surface area contributed by atoms with Crippen LogP contribution < -0.4 is 9.80 Å². The molecule has 3 heteroatoms. The molecule has 2 aromatic rings. The van der Waals surface area contributed by atoms with Crippen LogP contribution in [0.2, 0.25) is 0 Å². The molecule has 90 valence electrons. The van der Waals surface area contributed by atoms with Gasteiger partial charge in [-0.2, -0.15) is 0 Å². The van der Waals surface area contributed by atoms with Crippen LogP contribution in [0.15, 0.2) is 67.0 Å². The lowest BCUT2D eigenvalue weighted by Crippen LogP contribution is -2.24. The van der Waals surface area contributed by atoms with Crippen LogP contribution >= 0.6 is 0 Å². The third-order valence-corrected chi connectivity index (χ3v) is 3.01. The minimum Gasteiger partial charge on any atom is -0.506 e. The lowest BCUT2D eigenvalue weighted by atomic mass is 10.3. The molecular weight excluding hydrogens is 224 g/mol. The smallest absolute Gasteiger partial charge is 0.139 e. The predicted molar refractivity (Wildman–Crippen MR) is 73.5 cm³/mol. The molecular formula is C15H14N2O. The van der Waals surface area contributed by atoms with Gasteiger partial charge in [0.05, 0.1) is 12.4 Å². The van der Waals surface area contributed by atoms with E-state index in [1.54, 1.807) is 6.07 Å². The number of benzene rings is 2. The maximum Gasteiger partial charge on any atom is 0.139 e. The Morgan fingerprint density at radius 3 is 2.22 bits per heavy atom. The van der Waals surface area contributed by atoms with Gasteiger partial charge in [-0.1, -0.05) is 30.3 Å². The summed E-state index contributed by atoms with van der Waals surface area (Å²) in [6.45, 7) is 0.710. The molecule has 0 spiro atoms. The SMILES string of the molecule is Oc1ccccc1N1C=CN(c2ccccc2)C1. The molecule has 0 amide bonds. The normalized spacial score (nSPS) is 14.2. The van der Waals surface area contributed by atoms with Gasteiger partial charge in [0.25, 0.3) is 0 Å². The van der Waals surface area contributed by atoms with E-state index >= 15 is 0 Å². The average molecular weight is 238 g/mol. The van der Waals surface area contributed by atoms with Crippen LogP contribution in [-0.2, 0) is 0 Å². The number of phenolic OH excluding ortho intramolecular Hbond substituents is 1. The molecule has 1 heterocycles. The van der Waals surface area contributed by atoms with E-state index in [0.29, 0.717) is 12.4 Å². The molecule has 1 aliphatic rings. The van der Waals surface area contributed by atoms with Crippen molar-refractivity contribution >= 4 is 11.4 Å². The van der Waals surface area contributed by atoms with E-state index in [1.165, 1.54) is 0 Å². The first-order valence-electron chi connectivity index (χ1n) is 5.89. The van der Waals surface area contributed by atoms with Gasteiger partial charge >= 0.3 is 0 Å². The Hall–Kier alpha value is -2.42. The fourth-order valence-electron chi connectivity index (χ4n) is 2.07. The van der Waals surface area contributed by atoms with Crippen molar-refractivity contribution < 1.29 is 5.11 Å². The predicted octanol–water partition coefficient (Wildman–Crippen LogP) is 3.15. The van der Waals surface area contributed by atoms with Gasteiger partial charge in [-0.05, 0) is 24.3 Å². The summed E-state index contributed by atoms with van der Waals surface area (Å²) in [6, 6.07) is 17.5. The second-order valence-electron chi connectivity index (χ2n) is 4.20. The minimum atomic E-state index is 0.303. The maximum atomic E-state index is 9.83. The zero-order chi connectivity index (χ0) is 12.4. The molecule has 0 fully saturated rings. The van der Waals surface area contributed by atoms with E-state index in [1.807, 2.05) is 53.7 Å². The van der Waals surface area contributed by atoms with E-state index in [-0.39, 0.29) is 0 Å². The van der Waals surface area contributed by atoms with Gasteiger partial charge in [-0.15, -0.1) is 0 Å². The molecule has 2 aromatic carbocycles. The number of para-hydroxylation sites is 3. The van der Waals surface area contributed by atoms with Crippen molar-refractivity contribution in [3.05, 3.63) is 67.0 Å². The maximum absolute atomic E-state index is 9.83. The number of aromatic hydroxyl groups is 1. The molecule has 18 heavy (non-hydrogen) atoms. The topological polar surface area (TPSA) is 26.7 Å². The highest BCUT2D eigenvalue weighted by Gasteiger charge is 2.16. The van der Waals surface area contributed by atoms with E-state index in [9.17, 15) is 5.11 Å². The van der Waals surface area contributed by atoms with Crippen molar-refractivity contribution in [2.45, 2.75) is 0 Å². The summed E-state index contributed by atoms with van der Waals surface area (Å²) in [6.07, 6.45) is 3.99. The molecule has 1 N–H and O–H groups in total. The van der Waals surface area contributed by atoms with Crippen LogP contribution in [0.25, 0.3) is 0 Å². The fourth-order valence-corrected chi connectivity index (χ4v) is 2.07. The van der Waals surface area contributed by atoms with E-state index in [0.717, 1.165) is 11.4 Å². The standard InChI is InChI=1S/C15H14N2O/c18-15-9-5-4-8-14(15)17-11-10-16(12-17)13-6-2-1-3-7-13/h1-11,18H,12H2. The summed E-state index contributed by atoms with van der Waals surface area (Å²) in [5.41, 5.74) is 1.97. The largest absolute Gasteiger partial charge is 0.506 e.